The number of sulfonamides is 1. The first-order valence-electron chi connectivity index (χ1n) is 9.38. The number of nitrogens with zero attached hydrogens (tertiary/aromatic N) is 1. The van der Waals surface area contributed by atoms with Gasteiger partial charge in [-0.25, -0.2) is 8.42 Å². The molecule has 0 bridgehead atoms. The number of carbonyl (C=O) groups excluding carboxylic acids is 1. The normalized spacial score (nSPS) is 13.7. The van der Waals surface area contributed by atoms with Crippen LogP contribution in [0.5, 0.6) is 0 Å². The van der Waals surface area contributed by atoms with Crippen LogP contribution in [0.3, 0.4) is 0 Å². The van der Waals surface area contributed by atoms with Crippen LogP contribution in [-0.4, -0.2) is 25.8 Å². The Morgan fingerprint density at radius 1 is 1.07 bits per heavy atom. The van der Waals surface area contributed by atoms with Gasteiger partial charge in [-0.05, 0) is 73.6 Å². The molecule has 0 saturated heterocycles. The van der Waals surface area contributed by atoms with Gasteiger partial charge in [0.2, 0.25) is 5.91 Å². The molecule has 144 valence electrons. The third-order valence-electron chi connectivity index (χ3n) is 5.01. The van der Waals surface area contributed by atoms with Crippen molar-refractivity contribution in [1.29, 1.82) is 0 Å². The lowest BCUT2D eigenvalue weighted by atomic mass is 9.92. The second-order valence-electron chi connectivity index (χ2n) is 6.98. The molecule has 1 amide bonds. The summed E-state index contributed by atoms with van der Waals surface area (Å²) in [6, 6.07) is 12.6. The van der Waals surface area contributed by atoms with Gasteiger partial charge < -0.3 is 4.90 Å². The zero-order valence-electron chi connectivity index (χ0n) is 15.9. The Kier molecular flexibility index (Phi) is 5.85. The Hall–Kier alpha value is -2.34. The van der Waals surface area contributed by atoms with Gasteiger partial charge in [-0.2, -0.15) is 0 Å². The highest BCUT2D eigenvalue weighted by Gasteiger charge is 2.18. The molecule has 0 atom stereocenters. The van der Waals surface area contributed by atoms with E-state index in [2.05, 4.69) is 4.72 Å². The molecule has 5 nitrogen and oxygen atoms in total. The summed E-state index contributed by atoms with van der Waals surface area (Å²) in [7, 11) is -3.64. The van der Waals surface area contributed by atoms with Gasteiger partial charge in [0, 0.05) is 25.7 Å². The highest BCUT2D eigenvalue weighted by Crippen LogP contribution is 2.25. The van der Waals surface area contributed by atoms with Gasteiger partial charge in [0.15, 0.2) is 0 Å². The summed E-state index contributed by atoms with van der Waals surface area (Å²) in [6.07, 6.45) is 4.23. The molecule has 27 heavy (non-hydrogen) atoms. The van der Waals surface area contributed by atoms with Crippen LogP contribution < -0.4 is 4.72 Å². The molecule has 0 unspecified atom stereocenters. The largest absolute Gasteiger partial charge is 0.339 e. The summed E-state index contributed by atoms with van der Waals surface area (Å²) in [4.78, 5) is 13.6. The summed E-state index contributed by atoms with van der Waals surface area (Å²) < 4.78 is 28.3. The molecule has 0 heterocycles. The molecule has 0 spiro atoms. The maximum absolute atomic E-state index is 12.8. The summed E-state index contributed by atoms with van der Waals surface area (Å²) in [5.41, 5.74) is 3.78. The Morgan fingerprint density at radius 2 is 1.81 bits per heavy atom. The molecule has 0 fully saturated rings. The highest BCUT2D eigenvalue weighted by molar-refractivity contribution is 7.92. The molecule has 0 saturated carbocycles. The van der Waals surface area contributed by atoms with Crippen LogP contribution in [0, 0.1) is 0 Å². The number of fused-ring (bicyclic) bond motifs is 1. The molecule has 0 radical (unpaired) electrons. The molecular formula is C21H26N2O3S. The van der Waals surface area contributed by atoms with Crippen LogP contribution in [0.2, 0.25) is 0 Å². The lowest BCUT2D eigenvalue weighted by molar-refractivity contribution is -0.129. The molecular weight excluding hydrogens is 360 g/mol. The number of nitrogens with one attached hydrogen (secondary N) is 1. The molecule has 3 rings (SSSR count). The van der Waals surface area contributed by atoms with Crippen molar-refractivity contribution in [3.05, 3.63) is 59.2 Å². The van der Waals surface area contributed by atoms with E-state index in [0.717, 1.165) is 30.4 Å². The van der Waals surface area contributed by atoms with Gasteiger partial charge in [0.25, 0.3) is 10.0 Å². The van der Waals surface area contributed by atoms with E-state index in [0.29, 0.717) is 23.7 Å². The number of carbonyl (C=O) groups is 1. The van der Waals surface area contributed by atoms with Gasteiger partial charge in [0.05, 0.1) is 4.90 Å². The van der Waals surface area contributed by atoms with E-state index in [1.165, 1.54) is 18.9 Å². The third-order valence-corrected chi connectivity index (χ3v) is 6.39. The predicted octanol–water partition coefficient (Wildman–Crippen LogP) is 3.73. The van der Waals surface area contributed by atoms with Crippen LogP contribution in [0.1, 0.15) is 43.4 Å². The van der Waals surface area contributed by atoms with Crippen LogP contribution in [-0.2, 0) is 34.2 Å². The van der Waals surface area contributed by atoms with Gasteiger partial charge in [0.1, 0.15) is 0 Å². The Morgan fingerprint density at radius 3 is 2.52 bits per heavy atom. The van der Waals surface area contributed by atoms with E-state index < -0.39 is 10.0 Å². The van der Waals surface area contributed by atoms with Gasteiger partial charge >= 0.3 is 0 Å². The molecule has 2 aromatic carbocycles. The Labute approximate surface area is 161 Å². The fourth-order valence-corrected chi connectivity index (χ4v) is 4.59. The number of amides is 1. The van der Waals surface area contributed by atoms with E-state index in [1.54, 1.807) is 35.2 Å². The molecule has 1 aliphatic carbocycles. The van der Waals surface area contributed by atoms with E-state index in [4.69, 9.17) is 0 Å². The van der Waals surface area contributed by atoms with Crippen LogP contribution in [0.15, 0.2) is 47.4 Å². The van der Waals surface area contributed by atoms with Crippen molar-refractivity contribution in [2.75, 3.05) is 11.3 Å². The second-order valence-corrected chi connectivity index (χ2v) is 8.66. The summed E-state index contributed by atoms with van der Waals surface area (Å²) >= 11 is 0. The number of hydrogen-bond acceptors (Lipinski definition) is 3. The lowest BCUT2D eigenvalue weighted by Gasteiger charge is -2.19. The van der Waals surface area contributed by atoms with Crippen LogP contribution in [0.25, 0.3) is 0 Å². The SMILES string of the molecule is CCN(Cc1cccc(NS(=O)(=O)c2ccc3c(c2)CCCC3)c1)C(C)=O. The summed E-state index contributed by atoms with van der Waals surface area (Å²) in [5, 5.41) is 0. The number of aryl methyl sites for hydroxylation is 2. The van der Waals surface area contributed by atoms with Crippen molar-refractivity contribution in [3.63, 3.8) is 0 Å². The van der Waals surface area contributed by atoms with Crippen molar-refractivity contribution in [3.8, 4) is 0 Å². The molecule has 0 aromatic heterocycles. The van der Waals surface area contributed by atoms with Crippen molar-refractivity contribution < 1.29 is 13.2 Å². The first-order valence-corrected chi connectivity index (χ1v) is 10.9. The lowest BCUT2D eigenvalue weighted by Crippen LogP contribution is -2.27. The smallest absolute Gasteiger partial charge is 0.261 e. The Balaban J connectivity index is 1.80. The van der Waals surface area contributed by atoms with Crippen LogP contribution >= 0.6 is 0 Å². The predicted molar refractivity (Wildman–Crippen MR) is 107 cm³/mol. The highest BCUT2D eigenvalue weighted by atomic mass is 32.2. The topological polar surface area (TPSA) is 66.5 Å². The molecule has 2 aromatic rings. The first-order chi connectivity index (χ1) is 12.9. The number of anilines is 1. The van der Waals surface area contributed by atoms with Crippen LogP contribution in [0.4, 0.5) is 5.69 Å². The van der Waals surface area contributed by atoms with E-state index in [1.807, 2.05) is 19.1 Å². The molecule has 0 aliphatic heterocycles. The summed E-state index contributed by atoms with van der Waals surface area (Å²) in [6.45, 7) is 4.52. The number of rotatable bonds is 6. The molecule has 1 N–H and O–H groups in total. The van der Waals surface area contributed by atoms with E-state index in [9.17, 15) is 13.2 Å². The zero-order valence-corrected chi connectivity index (χ0v) is 16.7. The second kappa shape index (κ2) is 8.13. The minimum atomic E-state index is -3.64. The molecule has 1 aliphatic rings. The Bertz CT molecular complexity index is 938. The zero-order chi connectivity index (χ0) is 19.4. The first kappa shape index (κ1) is 19.4. The minimum absolute atomic E-state index is 0.00227. The van der Waals surface area contributed by atoms with Crippen molar-refractivity contribution in [2.24, 2.45) is 0 Å². The van der Waals surface area contributed by atoms with E-state index >= 15 is 0 Å². The van der Waals surface area contributed by atoms with Crippen molar-refractivity contribution in [1.82, 2.24) is 4.90 Å². The average Bonchev–Trinajstić information content (AvgIpc) is 2.65. The third kappa shape index (κ3) is 4.69. The standard InChI is InChI=1S/C21H26N2O3S/c1-3-23(16(2)24)15-17-7-6-10-20(13-17)22-27(25,26)21-12-11-18-8-4-5-9-19(18)14-21/h6-7,10-14,22H,3-5,8-9,15H2,1-2H3. The number of benzene rings is 2. The quantitative estimate of drug-likeness (QED) is 0.822. The summed E-state index contributed by atoms with van der Waals surface area (Å²) in [5.74, 6) is -0.00227. The average molecular weight is 387 g/mol. The monoisotopic (exact) mass is 386 g/mol. The van der Waals surface area contributed by atoms with E-state index in [-0.39, 0.29) is 5.91 Å². The maximum Gasteiger partial charge on any atom is 0.261 e. The van der Waals surface area contributed by atoms with Gasteiger partial charge in [-0.1, -0.05) is 18.2 Å². The minimum Gasteiger partial charge on any atom is -0.339 e. The fraction of sp³-hybridized carbons (Fsp3) is 0.381. The maximum atomic E-state index is 12.8. The van der Waals surface area contributed by atoms with Crippen molar-refractivity contribution in [2.45, 2.75) is 51.0 Å². The molecule has 6 heteroatoms. The van der Waals surface area contributed by atoms with Gasteiger partial charge in [-0.3, -0.25) is 9.52 Å². The fourth-order valence-electron chi connectivity index (χ4n) is 3.49. The van der Waals surface area contributed by atoms with Crippen molar-refractivity contribution >= 4 is 21.6 Å². The van der Waals surface area contributed by atoms with Gasteiger partial charge in [-0.15, -0.1) is 0 Å². The number of hydrogen-bond donors (Lipinski definition) is 1.